The van der Waals surface area contributed by atoms with Crippen LogP contribution in [0.2, 0.25) is 0 Å². The highest BCUT2D eigenvalue weighted by Gasteiger charge is 2.36. The van der Waals surface area contributed by atoms with Gasteiger partial charge in [-0.1, -0.05) is 0 Å². The molecule has 0 amide bonds. The SMILES string of the molecule is CN1CCC(C(C(=O)O)N2CCN(C)CC2)CC1. The van der Waals surface area contributed by atoms with Gasteiger partial charge in [0.05, 0.1) is 0 Å². The fourth-order valence-electron chi connectivity index (χ4n) is 3.10. The van der Waals surface area contributed by atoms with Gasteiger partial charge in [-0.2, -0.15) is 0 Å². The van der Waals surface area contributed by atoms with Gasteiger partial charge in [0.25, 0.3) is 0 Å². The van der Waals surface area contributed by atoms with Crippen molar-refractivity contribution in [2.75, 3.05) is 53.4 Å². The molecule has 0 bridgehead atoms. The minimum Gasteiger partial charge on any atom is -0.480 e. The number of aliphatic carboxylic acids is 1. The highest BCUT2D eigenvalue weighted by atomic mass is 16.4. The highest BCUT2D eigenvalue weighted by Crippen LogP contribution is 2.24. The predicted molar refractivity (Wildman–Crippen MR) is 70.7 cm³/mol. The Labute approximate surface area is 109 Å². The molecule has 0 saturated carbocycles. The van der Waals surface area contributed by atoms with Gasteiger partial charge < -0.3 is 14.9 Å². The van der Waals surface area contributed by atoms with Gasteiger partial charge in [0.15, 0.2) is 0 Å². The number of likely N-dealkylation sites (tertiary alicyclic amines) is 1. The zero-order valence-corrected chi connectivity index (χ0v) is 11.5. The van der Waals surface area contributed by atoms with Crippen molar-refractivity contribution in [1.29, 1.82) is 0 Å². The molecule has 1 atom stereocenters. The van der Waals surface area contributed by atoms with Gasteiger partial charge in [0, 0.05) is 26.2 Å². The van der Waals surface area contributed by atoms with Crippen LogP contribution in [0.5, 0.6) is 0 Å². The summed E-state index contributed by atoms with van der Waals surface area (Å²) in [6, 6.07) is -0.271. The summed E-state index contributed by atoms with van der Waals surface area (Å²) in [6.45, 7) is 5.80. The van der Waals surface area contributed by atoms with Crippen molar-refractivity contribution in [2.45, 2.75) is 18.9 Å². The van der Waals surface area contributed by atoms with Crippen LogP contribution in [0.25, 0.3) is 0 Å². The molecule has 2 heterocycles. The second-order valence-corrected chi connectivity index (χ2v) is 5.76. The number of likely N-dealkylation sites (N-methyl/N-ethyl adjacent to an activating group) is 1. The molecule has 2 aliphatic heterocycles. The molecule has 0 aromatic heterocycles. The van der Waals surface area contributed by atoms with Crippen LogP contribution in [-0.2, 0) is 4.79 Å². The molecule has 0 aromatic carbocycles. The Hall–Kier alpha value is -0.650. The van der Waals surface area contributed by atoms with Crippen molar-refractivity contribution >= 4 is 5.97 Å². The molecule has 2 saturated heterocycles. The molecule has 104 valence electrons. The summed E-state index contributed by atoms with van der Waals surface area (Å²) in [5.74, 6) is -0.309. The lowest BCUT2D eigenvalue weighted by atomic mass is 9.88. The van der Waals surface area contributed by atoms with E-state index in [-0.39, 0.29) is 6.04 Å². The first-order chi connectivity index (χ1) is 8.58. The van der Waals surface area contributed by atoms with E-state index in [4.69, 9.17) is 0 Å². The molecule has 0 aromatic rings. The lowest BCUT2D eigenvalue weighted by Crippen LogP contribution is -2.55. The second kappa shape index (κ2) is 5.99. The predicted octanol–water partition coefficient (Wildman–Crippen LogP) is 0.0288. The zero-order valence-electron chi connectivity index (χ0n) is 11.5. The number of piperazine rings is 1. The van der Waals surface area contributed by atoms with Crippen LogP contribution in [0, 0.1) is 5.92 Å². The van der Waals surface area contributed by atoms with Crippen molar-refractivity contribution in [2.24, 2.45) is 5.92 Å². The lowest BCUT2D eigenvalue weighted by molar-refractivity contribution is -0.147. The van der Waals surface area contributed by atoms with Gasteiger partial charge in [0.1, 0.15) is 6.04 Å². The Morgan fingerprint density at radius 1 is 1.00 bits per heavy atom. The molecule has 2 rings (SSSR count). The van der Waals surface area contributed by atoms with Crippen LogP contribution in [0.4, 0.5) is 0 Å². The summed E-state index contributed by atoms with van der Waals surface area (Å²) in [5.41, 5.74) is 0. The van der Waals surface area contributed by atoms with Crippen LogP contribution in [-0.4, -0.2) is 85.2 Å². The van der Waals surface area contributed by atoms with E-state index >= 15 is 0 Å². The van der Waals surface area contributed by atoms with E-state index in [2.05, 4.69) is 28.8 Å². The van der Waals surface area contributed by atoms with E-state index in [1.807, 2.05) is 0 Å². The molecule has 5 nitrogen and oxygen atoms in total. The Balaban J connectivity index is 1.97. The number of carboxylic acids is 1. The number of nitrogens with zero attached hydrogens (tertiary/aromatic N) is 3. The standard InChI is InChI=1S/C13H25N3O2/c1-14-5-3-11(4-6-14)12(13(17)18)16-9-7-15(2)8-10-16/h11-12H,3-10H2,1-2H3,(H,17,18). The minimum absolute atomic E-state index is 0.271. The van der Waals surface area contributed by atoms with Gasteiger partial charge in [0.2, 0.25) is 0 Å². The number of hydrogen-bond acceptors (Lipinski definition) is 4. The van der Waals surface area contributed by atoms with Gasteiger partial charge in [-0.3, -0.25) is 9.69 Å². The summed E-state index contributed by atoms with van der Waals surface area (Å²) in [5, 5.41) is 9.54. The number of piperidine rings is 1. The van der Waals surface area contributed by atoms with E-state index in [0.717, 1.165) is 52.1 Å². The number of carboxylic acid groups (broad SMARTS) is 1. The fourth-order valence-corrected chi connectivity index (χ4v) is 3.10. The quantitative estimate of drug-likeness (QED) is 0.771. The van der Waals surface area contributed by atoms with Crippen LogP contribution in [0.3, 0.4) is 0 Å². The summed E-state index contributed by atoms with van der Waals surface area (Å²) in [6.07, 6.45) is 2.03. The molecule has 18 heavy (non-hydrogen) atoms. The molecule has 2 fully saturated rings. The number of hydrogen-bond donors (Lipinski definition) is 1. The average molecular weight is 255 g/mol. The van der Waals surface area contributed by atoms with Crippen molar-refractivity contribution < 1.29 is 9.90 Å². The Bertz CT molecular complexity index is 260. The largest absolute Gasteiger partial charge is 0.480 e. The third-order valence-corrected chi connectivity index (χ3v) is 4.39. The summed E-state index contributed by atoms with van der Waals surface area (Å²) in [4.78, 5) is 18.3. The molecule has 1 unspecified atom stereocenters. The molecule has 0 aliphatic carbocycles. The molecular formula is C13H25N3O2. The van der Waals surface area contributed by atoms with Crippen LogP contribution >= 0.6 is 0 Å². The van der Waals surface area contributed by atoms with Crippen molar-refractivity contribution in [3.05, 3.63) is 0 Å². The van der Waals surface area contributed by atoms with Crippen molar-refractivity contribution in [3.8, 4) is 0 Å². The first kappa shape index (κ1) is 13.8. The van der Waals surface area contributed by atoms with Crippen LogP contribution < -0.4 is 0 Å². The fraction of sp³-hybridized carbons (Fsp3) is 0.923. The summed E-state index contributed by atoms with van der Waals surface area (Å²) >= 11 is 0. The van der Waals surface area contributed by atoms with Crippen LogP contribution in [0.15, 0.2) is 0 Å². The van der Waals surface area contributed by atoms with Crippen LogP contribution in [0.1, 0.15) is 12.8 Å². The molecule has 2 aliphatic rings. The molecule has 0 radical (unpaired) electrons. The first-order valence-electron chi connectivity index (χ1n) is 6.92. The van der Waals surface area contributed by atoms with Crippen molar-refractivity contribution in [1.82, 2.24) is 14.7 Å². The van der Waals surface area contributed by atoms with Gasteiger partial charge in [-0.05, 0) is 45.9 Å². The van der Waals surface area contributed by atoms with Crippen molar-refractivity contribution in [3.63, 3.8) is 0 Å². The third kappa shape index (κ3) is 3.22. The van der Waals surface area contributed by atoms with Gasteiger partial charge in [-0.25, -0.2) is 0 Å². The van der Waals surface area contributed by atoms with E-state index in [9.17, 15) is 9.90 Å². The number of rotatable bonds is 3. The Morgan fingerprint density at radius 2 is 1.50 bits per heavy atom. The summed E-state index contributed by atoms with van der Waals surface area (Å²) < 4.78 is 0. The first-order valence-corrected chi connectivity index (χ1v) is 6.92. The van der Waals surface area contributed by atoms with Gasteiger partial charge >= 0.3 is 5.97 Å². The average Bonchev–Trinajstić information content (AvgIpc) is 2.34. The molecule has 0 spiro atoms. The minimum atomic E-state index is -0.630. The third-order valence-electron chi connectivity index (χ3n) is 4.39. The normalized spacial score (nSPS) is 27.2. The topological polar surface area (TPSA) is 47.0 Å². The van der Waals surface area contributed by atoms with E-state index < -0.39 is 5.97 Å². The maximum atomic E-state index is 11.6. The maximum Gasteiger partial charge on any atom is 0.321 e. The van der Waals surface area contributed by atoms with E-state index in [1.54, 1.807) is 0 Å². The Kier molecular flexibility index (Phi) is 4.59. The maximum absolute atomic E-state index is 11.6. The lowest BCUT2D eigenvalue weighted by Gasteiger charge is -2.41. The smallest absolute Gasteiger partial charge is 0.321 e. The monoisotopic (exact) mass is 255 g/mol. The Morgan fingerprint density at radius 3 is 2.00 bits per heavy atom. The number of carbonyl (C=O) groups is 1. The second-order valence-electron chi connectivity index (χ2n) is 5.76. The molecular weight excluding hydrogens is 230 g/mol. The highest BCUT2D eigenvalue weighted by molar-refractivity contribution is 5.74. The molecule has 5 heteroatoms. The van der Waals surface area contributed by atoms with E-state index in [1.165, 1.54) is 0 Å². The zero-order chi connectivity index (χ0) is 13.1. The summed E-state index contributed by atoms with van der Waals surface area (Å²) in [7, 11) is 4.21. The van der Waals surface area contributed by atoms with Gasteiger partial charge in [-0.15, -0.1) is 0 Å². The van der Waals surface area contributed by atoms with E-state index in [0.29, 0.717) is 5.92 Å². The molecule has 1 N–H and O–H groups in total.